The van der Waals surface area contributed by atoms with Gasteiger partial charge in [-0.05, 0) is 55.9 Å². The van der Waals surface area contributed by atoms with E-state index in [0.29, 0.717) is 23.7 Å². The van der Waals surface area contributed by atoms with Crippen LogP contribution in [0.3, 0.4) is 0 Å². The first-order valence-corrected chi connectivity index (χ1v) is 11.9. The number of halogens is 1. The number of sulfonamides is 1. The van der Waals surface area contributed by atoms with Gasteiger partial charge in [0, 0.05) is 49.9 Å². The van der Waals surface area contributed by atoms with Gasteiger partial charge in [0.25, 0.3) is 10.0 Å². The lowest BCUT2D eigenvalue weighted by atomic mass is 10.2. The molecule has 0 spiro atoms. The molecule has 2 aliphatic heterocycles. The van der Waals surface area contributed by atoms with E-state index >= 15 is 0 Å². The summed E-state index contributed by atoms with van der Waals surface area (Å²) in [6.45, 7) is 4.11. The molecule has 7 nitrogen and oxygen atoms in total. The highest BCUT2D eigenvalue weighted by Crippen LogP contribution is 2.32. The van der Waals surface area contributed by atoms with E-state index in [4.69, 9.17) is 11.6 Å². The number of likely N-dealkylation sites (N-methyl/N-ethyl adjacent to an activating group) is 1. The van der Waals surface area contributed by atoms with Gasteiger partial charge < -0.3 is 14.7 Å². The number of nitrogens with zero attached hydrogens (tertiary/aromatic N) is 3. The molecule has 2 aromatic rings. The van der Waals surface area contributed by atoms with Crippen LogP contribution in [0.5, 0.6) is 0 Å². The summed E-state index contributed by atoms with van der Waals surface area (Å²) in [4.78, 5) is 18.1. The summed E-state index contributed by atoms with van der Waals surface area (Å²) in [5, 5.41) is 0.466. The van der Waals surface area contributed by atoms with Gasteiger partial charge >= 0.3 is 0 Å². The van der Waals surface area contributed by atoms with E-state index in [9.17, 15) is 13.2 Å². The summed E-state index contributed by atoms with van der Waals surface area (Å²) in [6.07, 6.45) is 1.36. The molecule has 2 heterocycles. The standard InChI is InChI=1S/C21H25ClN4O3S/c1-24-11-13-25(14-12-24)20-9-4-16(22)15-19(20)23-30(28,29)18-7-5-17(6-8-18)26-10-2-3-21(26)27/h4-9,15,23H,2-3,10-14H2,1H3. The zero-order valence-corrected chi connectivity index (χ0v) is 18.4. The zero-order chi connectivity index (χ0) is 21.3. The first-order chi connectivity index (χ1) is 14.3. The number of piperazine rings is 1. The molecule has 0 unspecified atom stereocenters. The number of amides is 1. The summed E-state index contributed by atoms with van der Waals surface area (Å²) < 4.78 is 28.8. The van der Waals surface area contributed by atoms with Gasteiger partial charge in [-0.3, -0.25) is 9.52 Å². The lowest BCUT2D eigenvalue weighted by Crippen LogP contribution is -2.44. The molecule has 2 saturated heterocycles. The molecule has 160 valence electrons. The Morgan fingerprint density at radius 2 is 1.67 bits per heavy atom. The third-order valence-corrected chi connectivity index (χ3v) is 7.20. The maximum absolute atomic E-state index is 13.0. The Balaban J connectivity index is 1.57. The Bertz CT molecular complexity index is 1030. The molecular weight excluding hydrogens is 424 g/mol. The van der Waals surface area contributed by atoms with Crippen LogP contribution in [-0.4, -0.2) is 59.0 Å². The fraction of sp³-hybridized carbons (Fsp3) is 0.381. The predicted octanol–water partition coefficient (Wildman–Crippen LogP) is 3.02. The molecule has 4 rings (SSSR count). The number of carbonyl (C=O) groups is 1. The largest absolute Gasteiger partial charge is 0.367 e. The fourth-order valence-corrected chi connectivity index (χ4v) is 5.08. The number of hydrogen-bond donors (Lipinski definition) is 1. The van der Waals surface area contributed by atoms with Gasteiger partial charge in [-0.1, -0.05) is 11.6 Å². The summed E-state index contributed by atoms with van der Waals surface area (Å²) in [7, 11) is -1.73. The average molecular weight is 449 g/mol. The molecule has 0 bridgehead atoms. The maximum Gasteiger partial charge on any atom is 0.261 e. The highest BCUT2D eigenvalue weighted by atomic mass is 35.5. The van der Waals surface area contributed by atoms with Crippen molar-refractivity contribution in [3.8, 4) is 0 Å². The predicted molar refractivity (Wildman–Crippen MR) is 120 cm³/mol. The highest BCUT2D eigenvalue weighted by molar-refractivity contribution is 7.92. The Labute approximate surface area is 182 Å². The minimum absolute atomic E-state index is 0.0690. The van der Waals surface area contributed by atoms with Crippen LogP contribution in [-0.2, 0) is 14.8 Å². The zero-order valence-electron chi connectivity index (χ0n) is 16.8. The van der Waals surface area contributed by atoms with Crippen molar-refractivity contribution >= 4 is 44.6 Å². The van der Waals surface area contributed by atoms with Crippen molar-refractivity contribution in [2.24, 2.45) is 0 Å². The van der Waals surface area contributed by atoms with E-state index in [1.165, 1.54) is 12.1 Å². The topological polar surface area (TPSA) is 73.0 Å². The van der Waals surface area contributed by atoms with Crippen LogP contribution < -0.4 is 14.5 Å². The van der Waals surface area contributed by atoms with E-state index in [-0.39, 0.29) is 10.8 Å². The summed E-state index contributed by atoms with van der Waals surface area (Å²) in [5.41, 5.74) is 2.00. The summed E-state index contributed by atoms with van der Waals surface area (Å²) in [5.74, 6) is 0.0690. The van der Waals surface area contributed by atoms with Gasteiger partial charge in [-0.2, -0.15) is 0 Å². The number of rotatable bonds is 5. The Morgan fingerprint density at radius 1 is 0.967 bits per heavy atom. The second-order valence-corrected chi connectivity index (χ2v) is 9.82. The van der Waals surface area contributed by atoms with E-state index in [0.717, 1.165) is 44.0 Å². The van der Waals surface area contributed by atoms with Crippen molar-refractivity contribution in [2.45, 2.75) is 17.7 Å². The van der Waals surface area contributed by atoms with E-state index < -0.39 is 10.0 Å². The molecule has 30 heavy (non-hydrogen) atoms. The van der Waals surface area contributed by atoms with E-state index in [2.05, 4.69) is 21.6 Å². The van der Waals surface area contributed by atoms with Gasteiger partial charge in [-0.15, -0.1) is 0 Å². The first-order valence-electron chi connectivity index (χ1n) is 10.00. The van der Waals surface area contributed by atoms with Crippen LogP contribution in [0.15, 0.2) is 47.4 Å². The van der Waals surface area contributed by atoms with Crippen LogP contribution in [0.25, 0.3) is 0 Å². The quantitative estimate of drug-likeness (QED) is 0.761. The molecule has 0 atom stereocenters. The molecule has 2 aromatic carbocycles. The number of anilines is 3. The average Bonchev–Trinajstić information content (AvgIpc) is 3.15. The number of nitrogens with one attached hydrogen (secondary N) is 1. The molecular formula is C21H25ClN4O3S. The van der Waals surface area contributed by atoms with Crippen LogP contribution in [0.1, 0.15) is 12.8 Å². The van der Waals surface area contributed by atoms with Crippen LogP contribution in [0.4, 0.5) is 17.1 Å². The van der Waals surface area contributed by atoms with Crippen LogP contribution in [0.2, 0.25) is 5.02 Å². The summed E-state index contributed by atoms with van der Waals surface area (Å²) >= 11 is 6.16. The lowest BCUT2D eigenvalue weighted by Gasteiger charge is -2.35. The molecule has 2 aliphatic rings. The third-order valence-electron chi connectivity index (χ3n) is 5.58. The molecule has 0 aromatic heterocycles. The molecule has 9 heteroatoms. The lowest BCUT2D eigenvalue weighted by molar-refractivity contribution is -0.117. The molecule has 0 saturated carbocycles. The van der Waals surface area contributed by atoms with Crippen LogP contribution >= 0.6 is 11.6 Å². The van der Waals surface area contributed by atoms with Gasteiger partial charge in [0.05, 0.1) is 16.3 Å². The van der Waals surface area contributed by atoms with Crippen molar-refractivity contribution in [1.29, 1.82) is 0 Å². The SMILES string of the molecule is CN1CCN(c2ccc(Cl)cc2NS(=O)(=O)c2ccc(N3CCCC3=O)cc2)CC1. The van der Waals surface area contributed by atoms with Crippen molar-refractivity contribution in [3.05, 3.63) is 47.5 Å². The van der Waals surface area contributed by atoms with E-state index in [1.807, 2.05) is 6.07 Å². The number of benzene rings is 2. The molecule has 1 amide bonds. The first kappa shape index (κ1) is 21.0. The normalized spacial score (nSPS) is 18.1. The summed E-state index contributed by atoms with van der Waals surface area (Å²) in [6, 6.07) is 11.7. The van der Waals surface area contributed by atoms with Gasteiger partial charge in [0.2, 0.25) is 5.91 Å². The van der Waals surface area contributed by atoms with E-state index in [1.54, 1.807) is 29.2 Å². The monoisotopic (exact) mass is 448 g/mol. The smallest absolute Gasteiger partial charge is 0.261 e. The van der Waals surface area contributed by atoms with Crippen molar-refractivity contribution < 1.29 is 13.2 Å². The van der Waals surface area contributed by atoms with Gasteiger partial charge in [-0.25, -0.2) is 8.42 Å². The Hall–Kier alpha value is -2.29. The van der Waals surface area contributed by atoms with Gasteiger partial charge in [0.15, 0.2) is 0 Å². The second kappa shape index (κ2) is 8.45. The minimum Gasteiger partial charge on any atom is -0.367 e. The van der Waals surface area contributed by atoms with Crippen molar-refractivity contribution in [1.82, 2.24) is 4.90 Å². The fourth-order valence-electron chi connectivity index (χ4n) is 3.84. The van der Waals surface area contributed by atoms with Crippen molar-refractivity contribution in [3.63, 3.8) is 0 Å². The number of carbonyl (C=O) groups excluding carboxylic acids is 1. The van der Waals surface area contributed by atoms with Crippen molar-refractivity contribution in [2.75, 3.05) is 54.3 Å². The van der Waals surface area contributed by atoms with Crippen LogP contribution in [0, 0.1) is 0 Å². The minimum atomic E-state index is -3.81. The Kier molecular flexibility index (Phi) is 5.90. The van der Waals surface area contributed by atoms with Gasteiger partial charge in [0.1, 0.15) is 0 Å². The Morgan fingerprint density at radius 3 is 2.30 bits per heavy atom. The molecule has 1 N–H and O–H groups in total. The molecule has 0 aliphatic carbocycles. The molecule has 0 radical (unpaired) electrons. The second-order valence-electron chi connectivity index (χ2n) is 7.70. The third kappa shape index (κ3) is 4.40. The number of hydrogen-bond acceptors (Lipinski definition) is 5. The molecule has 2 fully saturated rings. The maximum atomic E-state index is 13.0. The highest BCUT2D eigenvalue weighted by Gasteiger charge is 2.24.